The molecule has 0 spiro atoms. The summed E-state index contributed by atoms with van der Waals surface area (Å²) in [6, 6.07) is 6.13. The number of carbonyl (C=O) groups excluding carboxylic acids is 2. The molecule has 2 N–H and O–H groups in total. The maximum atomic E-state index is 12.9. The Hall–Kier alpha value is -1.95. The Labute approximate surface area is 141 Å². The van der Waals surface area contributed by atoms with Crippen LogP contribution in [0.5, 0.6) is 0 Å². The van der Waals surface area contributed by atoms with E-state index in [1.54, 1.807) is 12.1 Å². The fourth-order valence-electron chi connectivity index (χ4n) is 3.42. The summed E-state index contributed by atoms with van der Waals surface area (Å²) in [5.74, 6) is 0.0313. The Morgan fingerprint density at radius 3 is 2.46 bits per heavy atom. The van der Waals surface area contributed by atoms with Crippen LogP contribution in [0.25, 0.3) is 0 Å². The molecule has 1 atom stereocenters. The van der Waals surface area contributed by atoms with Crippen LogP contribution in [0, 0.1) is 17.7 Å². The third kappa shape index (κ3) is 4.12. The van der Waals surface area contributed by atoms with Crippen molar-refractivity contribution in [2.45, 2.75) is 25.8 Å². The lowest BCUT2D eigenvalue weighted by atomic mass is 9.94. The highest BCUT2D eigenvalue weighted by Gasteiger charge is 2.31. The van der Waals surface area contributed by atoms with Crippen molar-refractivity contribution in [3.8, 4) is 0 Å². The number of nitrogens with one attached hydrogen (secondary N) is 2. The summed E-state index contributed by atoms with van der Waals surface area (Å²) in [6.07, 6.45) is 2.33. The molecule has 2 saturated heterocycles. The zero-order chi connectivity index (χ0) is 16.9. The Balaban J connectivity index is 1.43. The summed E-state index contributed by atoms with van der Waals surface area (Å²) >= 11 is 0. The van der Waals surface area contributed by atoms with Gasteiger partial charge in [-0.05, 0) is 43.5 Å². The summed E-state index contributed by atoms with van der Waals surface area (Å²) in [4.78, 5) is 26.5. The lowest BCUT2D eigenvalue weighted by Crippen LogP contribution is -2.45. The molecule has 0 bridgehead atoms. The Bertz CT molecular complexity index is 576. The molecule has 2 fully saturated rings. The molecule has 1 aromatic rings. The second-order valence-electron chi connectivity index (χ2n) is 6.63. The molecule has 24 heavy (non-hydrogen) atoms. The number of amides is 2. The van der Waals surface area contributed by atoms with Gasteiger partial charge in [0.25, 0.3) is 0 Å². The van der Waals surface area contributed by atoms with Crippen LogP contribution in [-0.2, 0) is 16.1 Å². The first-order valence-electron chi connectivity index (χ1n) is 8.65. The molecule has 3 rings (SSSR count). The molecule has 130 valence electrons. The van der Waals surface area contributed by atoms with E-state index in [-0.39, 0.29) is 29.5 Å². The van der Waals surface area contributed by atoms with Gasteiger partial charge in [-0.3, -0.25) is 9.59 Å². The monoisotopic (exact) mass is 333 g/mol. The van der Waals surface area contributed by atoms with Gasteiger partial charge in [0.05, 0.1) is 5.92 Å². The Morgan fingerprint density at radius 1 is 1.12 bits per heavy atom. The lowest BCUT2D eigenvalue weighted by molar-refractivity contribution is -0.138. The molecule has 2 aliphatic heterocycles. The van der Waals surface area contributed by atoms with Crippen molar-refractivity contribution in [1.29, 1.82) is 0 Å². The van der Waals surface area contributed by atoms with E-state index in [0.717, 1.165) is 25.1 Å². The quantitative estimate of drug-likeness (QED) is 0.873. The van der Waals surface area contributed by atoms with E-state index in [4.69, 9.17) is 0 Å². The van der Waals surface area contributed by atoms with Crippen molar-refractivity contribution >= 4 is 11.8 Å². The Morgan fingerprint density at radius 2 is 1.83 bits per heavy atom. The first-order valence-corrected chi connectivity index (χ1v) is 8.65. The molecule has 2 heterocycles. The normalized spacial score (nSPS) is 21.7. The van der Waals surface area contributed by atoms with Crippen LogP contribution in [0.1, 0.15) is 24.8 Å². The predicted molar refractivity (Wildman–Crippen MR) is 88.5 cm³/mol. The van der Waals surface area contributed by atoms with Gasteiger partial charge in [0.2, 0.25) is 11.8 Å². The first kappa shape index (κ1) is 16.9. The van der Waals surface area contributed by atoms with Crippen LogP contribution in [0.15, 0.2) is 24.3 Å². The average Bonchev–Trinajstić information content (AvgIpc) is 3.15. The summed E-state index contributed by atoms with van der Waals surface area (Å²) in [7, 11) is 0. The molecule has 2 aliphatic rings. The van der Waals surface area contributed by atoms with E-state index in [2.05, 4.69) is 10.6 Å². The molecule has 0 saturated carbocycles. The number of halogens is 1. The molecule has 0 aromatic heterocycles. The highest BCUT2D eigenvalue weighted by molar-refractivity contribution is 5.81. The number of piperidine rings is 1. The maximum Gasteiger partial charge on any atom is 0.227 e. The minimum absolute atomic E-state index is 0.0222. The third-order valence-electron chi connectivity index (χ3n) is 4.97. The minimum Gasteiger partial charge on any atom is -0.352 e. The molecule has 0 radical (unpaired) electrons. The van der Waals surface area contributed by atoms with E-state index in [0.29, 0.717) is 32.5 Å². The van der Waals surface area contributed by atoms with Crippen molar-refractivity contribution < 1.29 is 14.0 Å². The van der Waals surface area contributed by atoms with E-state index in [1.165, 1.54) is 12.1 Å². The summed E-state index contributed by atoms with van der Waals surface area (Å²) < 4.78 is 12.9. The minimum atomic E-state index is -0.278. The SMILES string of the molecule is O=C(NCc1ccc(F)cc1)C1CCN(C(=O)C2CCNC2)CC1. The molecule has 1 unspecified atom stereocenters. The van der Waals surface area contributed by atoms with Crippen LogP contribution in [-0.4, -0.2) is 42.9 Å². The lowest BCUT2D eigenvalue weighted by Gasteiger charge is -2.32. The van der Waals surface area contributed by atoms with Gasteiger partial charge in [-0.25, -0.2) is 4.39 Å². The van der Waals surface area contributed by atoms with Gasteiger partial charge in [-0.2, -0.15) is 0 Å². The van der Waals surface area contributed by atoms with Crippen molar-refractivity contribution in [2.24, 2.45) is 11.8 Å². The van der Waals surface area contributed by atoms with Crippen LogP contribution in [0.3, 0.4) is 0 Å². The van der Waals surface area contributed by atoms with Crippen molar-refractivity contribution in [2.75, 3.05) is 26.2 Å². The van der Waals surface area contributed by atoms with Crippen LogP contribution < -0.4 is 10.6 Å². The van der Waals surface area contributed by atoms with Crippen molar-refractivity contribution in [1.82, 2.24) is 15.5 Å². The van der Waals surface area contributed by atoms with E-state index >= 15 is 0 Å². The topological polar surface area (TPSA) is 61.4 Å². The molecule has 0 aliphatic carbocycles. The van der Waals surface area contributed by atoms with Gasteiger partial charge in [0.15, 0.2) is 0 Å². The second kappa shape index (κ2) is 7.75. The average molecular weight is 333 g/mol. The maximum absolute atomic E-state index is 12.9. The summed E-state index contributed by atoms with van der Waals surface area (Å²) in [5, 5.41) is 6.13. The fraction of sp³-hybridized carbons (Fsp3) is 0.556. The standard InChI is InChI=1S/C18H24FN3O2/c19-16-3-1-13(2-4-16)11-21-17(23)14-6-9-22(10-7-14)18(24)15-5-8-20-12-15/h1-4,14-15,20H,5-12H2,(H,21,23). The third-order valence-corrected chi connectivity index (χ3v) is 4.97. The van der Waals surface area contributed by atoms with E-state index in [1.807, 2.05) is 4.90 Å². The number of rotatable bonds is 4. The Kier molecular flexibility index (Phi) is 5.45. The fourth-order valence-corrected chi connectivity index (χ4v) is 3.42. The number of hydrogen-bond acceptors (Lipinski definition) is 3. The van der Waals surface area contributed by atoms with Gasteiger partial charge in [-0.1, -0.05) is 12.1 Å². The zero-order valence-corrected chi connectivity index (χ0v) is 13.8. The van der Waals surface area contributed by atoms with Gasteiger partial charge in [-0.15, -0.1) is 0 Å². The number of carbonyl (C=O) groups is 2. The van der Waals surface area contributed by atoms with Gasteiger partial charge in [0, 0.05) is 32.1 Å². The van der Waals surface area contributed by atoms with Crippen molar-refractivity contribution in [3.63, 3.8) is 0 Å². The van der Waals surface area contributed by atoms with Gasteiger partial charge in [0.1, 0.15) is 5.82 Å². The zero-order valence-electron chi connectivity index (χ0n) is 13.8. The summed E-state index contributed by atoms with van der Waals surface area (Å²) in [5.41, 5.74) is 0.881. The second-order valence-corrected chi connectivity index (χ2v) is 6.63. The number of likely N-dealkylation sites (tertiary alicyclic amines) is 1. The van der Waals surface area contributed by atoms with Crippen LogP contribution >= 0.6 is 0 Å². The molecule has 6 heteroatoms. The molecular formula is C18H24FN3O2. The van der Waals surface area contributed by atoms with E-state index in [9.17, 15) is 14.0 Å². The highest BCUT2D eigenvalue weighted by atomic mass is 19.1. The largest absolute Gasteiger partial charge is 0.352 e. The highest BCUT2D eigenvalue weighted by Crippen LogP contribution is 2.21. The van der Waals surface area contributed by atoms with Crippen LogP contribution in [0.4, 0.5) is 4.39 Å². The molecular weight excluding hydrogens is 309 g/mol. The first-order chi connectivity index (χ1) is 11.6. The number of hydrogen-bond donors (Lipinski definition) is 2. The summed E-state index contributed by atoms with van der Waals surface area (Å²) in [6.45, 7) is 3.41. The molecule has 2 amide bonds. The number of benzene rings is 1. The van der Waals surface area contributed by atoms with Gasteiger partial charge >= 0.3 is 0 Å². The van der Waals surface area contributed by atoms with E-state index < -0.39 is 0 Å². The molecule has 1 aromatic carbocycles. The predicted octanol–water partition coefficient (Wildman–Crippen LogP) is 1.29. The molecule has 5 nitrogen and oxygen atoms in total. The van der Waals surface area contributed by atoms with Crippen molar-refractivity contribution in [3.05, 3.63) is 35.6 Å². The van der Waals surface area contributed by atoms with Gasteiger partial charge < -0.3 is 15.5 Å². The number of nitrogens with zero attached hydrogens (tertiary/aromatic N) is 1. The van der Waals surface area contributed by atoms with Crippen LogP contribution in [0.2, 0.25) is 0 Å². The smallest absolute Gasteiger partial charge is 0.227 e.